The Morgan fingerprint density at radius 1 is 1.29 bits per heavy atom. The zero-order valence-corrected chi connectivity index (χ0v) is 16.0. The van der Waals surface area contributed by atoms with Gasteiger partial charge in [-0.3, -0.25) is 4.79 Å². The number of aromatic nitrogens is 3. The molecule has 0 unspecified atom stereocenters. The zero-order chi connectivity index (χ0) is 19.5. The van der Waals surface area contributed by atoms with Gasteiger partial charge in [0.25, 0.3) is 5.91 Å². The van der Waals surface area contributed by atoms with E-state index in [0.29, 0.717) is 17.8 Å². The van der Waals surface area contributed by atoms with Gasteiger partial charge in [-0.2, -0.15) is 5.10 Å². The molecule has 7 nitrogen and oxygen atoms in total. The number of nitrogens with zero attached hydrogens (tertiary/aromatic N) is 4. The van der Waals surface area contributed by atoms with Crippen LogP contribution in [0.5, 0.6) is 0 Å². The van der Waals surface area contributed by atoms with Crippen LogP contribution >= 0.6 is 0 Å². The topological polar surface area (TPSA) is 82.8 Å². The fourth-order valence-corrected chi connectivity index (χ4v) is 3.65. The predicted octanol–water partition coefficient (Wildman–Crippen LogP) is 1.97. The Hall–Kier alpha value is -2.93. The molecular formula is C21H25N5O2. The van der Waals surface area contributed by atoms with Crippen molar-refractivity contribution in [2.45, 2.75) is 32.2 Å². The van der Waals surface area contributed by atoms with Gasteiger partial charge in [-0.15, -0.1) is 0 Å². The van der Waals surface area contributed by atoms with Crippen LogP contribution < -0.4 is 10.2 Å². The number of piperidine rings is 1. The molecule has 0 spiro atoms. The van der Waals surface area contributed by atoms with Crippen LogP contribution in [0.2, 0.25) is 0 Å². The van der Waals surface area contributed by atoms with E-state index in [-0.39, 0.29) is 18.6 Å². The van der Waals surface area contributed by atoms with Crippen LogP contribution in [0, 0.1) is 6.92 Å². The van der Waals surface area contributed by atoms with Crippen molar-refractivity contribution in [1.29, 1.82) is 0 Å². The van der Waals surface area contributed by atoms with E-state index in [0.717, 1.165) is 31.5 Å². The summed E-state index contributed by atoms with van der Waals surface area (Å²) >= 11 is 0. The number of carbonyl (C=O) groups is 1. The summed E-state index contributed by atoms with van der Waals surface area (Å²) in [6.45, 7) is 4.01. The summed E-state index contributed by atoms with van der Waals surface area (Å²) in [4.78, 5) is 19.3. The third-order valence-corrected chi connectivity index (χ3v) is 5.20. The molecule has 7 heteroatoms. The molecule has 0 aliphatic carbocycles. The first-order valence-corrected chi connectivity index (χ1v) is 9.70. The Balaban J connectivity index is 1.37. The summed E-state index contributed by atoms with van der Waals surface area (Å²) in [5.74, 6) is -0.164. The van der Waals surface area contributed by atoms with Crippen LogP contribution in [-0.2, 0) is 6.42 Å². The molecular weight excluding hydrogens is 354 g/mol. The molecule has 0 atom stereocenters. The number of nitrogens with one attached hydrogen (secondary N) is 1. The van der Waals surface area contributed by atoms with Crippen LogP contribution in [-0.4, -0.2) is 51.4 Å². The van der Waals surface area contributed by atoms with E-state index in [1.54, 1.807) is 23.0 Å². The molecule has 0 radical (unpaired) electrons. The van der Waals surface area contributed by atoms with Crippen molar-refractivity contribution in [3.8, 4) is 0 Å². The average molecular weight is 379 g/mol. The van der Waals surface area contributed by atoms with Gasteiger partial charge in [-0.1, -0.05) is 12.1 Å². The van der Waals surface area contributed by atoms with E-state index in [1.165, 1.54) is 11.3 Å². The number of aliphatic hydroxyl groups excluding tert-OH is 1. The maximum Gasteiger partial charge on any atom is 0.272 e. The van der Waals surface area contributed by atoms with Crippen LogP contribution in [0.3, 0.4) is 0 Å². The Morgan fingerprint density at radius 2 is 2.11 bits per heavy atom. The first-order chi connectivity index (χ1) is 13.6. The maximum atomic E-state index is 12.6. The van der Waals surface area contributed by atoms with Gasteiger partial charge in [0.15, 0.2) is 11.3 Å². The monoisotopic (exact) mass is 379 g/mol. The SMILES string of the molecule is Cc1cccc(N2CCC(NC(=O)c3cc4ncc(CCO)cn4n3)CC2)c1. The summed E-state index contributed by atoms with van der Waals surface area (Å²) in [5, 5.41) is 16.5. The highest BCUT2D eigenvalue weighted by molar-refractivity contribution is 5.93. The van der Waals surface area contributed by atoms with Gasteiger partial charge in [-0.05, 0) is 49.4 Å². The van der Waals surface area contributed by atoms with E-state index in [1.807, 2.05) is 0 Å². The molecule has 1 aliphatic rings. The minimum atomic E-state index is -0.164. The average Bonchev–Trinajstić information content (AvgIpc) is 3.12. The third kappa shape index (κ3) is 3.99. The Bertz CT molecular complexity index is 976. The molecule has 28 heavy (non-hydrogen) atoms. The van der Waals surface area contributed by atoms with Gasteiger partial charge in [0.1, 0.15) is 0 Å². The zero-order valence-electron chi connectivity index (χ0n) is 16.0. The second-order valence-electron chi connectivity index (χ2n) is 7.34. The largest absolute Gasteiger partial charge is 0.396 e. The van der Waals surface area contributed by atoms with Crippen molar-refractivity contribution < 1.29 is 9.90 Å². The van der Waals surface area contributed by atoms with Crippen LogP contribution in [0.25, 0.3) is 5.65 Å². The second kappa shape index (κ2) is 7.98. The number of amides is 1. The molecule has 1 saturated heterocycles. The molecule has 3 heterocycles. The van der Waals surface area contributed by atoms with Crippen LogP contribution in [0.1, 0.15) is 34.5 Å². The summed E-state index contributed by atoms with van der Waals surface area (Å²) in [6, 6.07) is 10.4. The van der Waals surface area contributed by atoms with Gasteiger partial charge >= 0.3 is 0 Å². The lowest BCUT2D eigenvalue weighted by Gasteiger charge is -2.34. The minimum absolute atomic E-state index is 0.0586. The second-order valence-corrected chi connectivity index (χ2v) is 7.34. The quantitative estimate of drug-likeness (QED) is 0.708. The van der Waals surface area contributed by atoms with Gasteiger partial charge in [0, 0.05) is 49.9 Å². The van der Waals surface area contributed by atoms with Crippen LogP contribution in [0.4, 0.5) is 5.69 Å². The normalized spacial score (nSPS) is 15.1. The Labute approximate surface area is 164 Å². The molecule has 1 aromatic carbocycles. The molecule has 2 aromatic heterocycles. The number of aryl methyl sites for hydroxylation is 1. The lowest BCUT2D eigenvalue weighted by molar-refractivity contribution is 0.0925. The fraction of sp³-hybridized carbons (Fsp3) is 0.381. The lowest BCUT2D eigenvalue weighted by Crippen LogP contribution is -2.44. The summed E-state index contributed by atoms with van der Waals surface area (Å²) in [5.41, 5.74) is 4.38. The Kier molecular flexibility index (Phi) is 5.25. The van der Waals surface area contributed by atoms with Crippen molar-refractivity contribution in [3.63, 3.8) is 0 Å². The number of anilines is 1. The number of fused-ring (bicyclic) bond motifs is 1. The highest BCUT2D eigenvalue weighted by Gasteiger charge is 2.22. The van der Waals surface area contributed by atoms with E-state index < -0.39 is 0 Å². The van der Waals surface area contributed by atoms with Gasteiger partial charge < -0.3 is 15.3 Å². The number of hydrogen-bond donors (Lipinski definition) is 2. The smallest absolute Gasteiger partial charge is 0.272 e. The van der Waals surface area contributed by atoms with Crippen LogP contribution in [0.15, 0.2) is 42.7 Å². The highest BCUT2D eigenvalue weighted by Crippen LogP contribution is 2.21. The van der Waals surface area contributed by atoms with Gasteiger partial charge in [0.05, 0.1) is 0 Å². The molecule has 3 aromatic rings. The minimum Gasteiger partial charge on any atom is -0.396 e. The first kappa shape index (κ1) is 18.4. The van der Waals surface area contributed by atoms with Crippen molar-refractivity contribution in [3.05, 3.63) is 59.5 Å². The molecule has 1 amide bonds. The first-order valence-electron chi connectivity index (χ1n) is 9.70. The van der Waals surface area contributed by atoms with Gasteiger partial charge in [0.2, 0.25) is 0 Å². The van der Waals surface area contributed by atoms with E-state index in [9.17, 15) is 4.79 Å². The molecule has 1 aliphatic heterocycles. The number of carbonyl (C=O) groups excluding carboxylic acids is 1. The third-order valence-electron chi connectivity index (χ3n) is 5.20. The number of rotatable bonds is 5. The molecule has 146 valence electrons. The standard InChI is InChI=1S/C21H25N5O2/c1-15-3-2-4-18(11-15)25-8-5-17(6-9-25)23-21(28)19-12-20-22-13-16(7-10-27)14-26(20)24-19/h2-4,11-14,17,27H,5-10H2,1H3,(H,23,28). The predicted molar refractivity (Wildman–Crippen MR) is 108 cm³/mol. The number of hydrogen-bond acceptors (Lipinski definition) is 5. The lowest BCUT2D eigenvalue weighted by atomic mass is 10.0. The van der Waals surface area contributed by atoms with E-state index in [2.05, 4.69) is 51.5 Å². The van der Waals surface area contributed by atoms with Crippen molar-refractivity contribution in [1.82, 2.24) is 19.9 Å². The summed E-state index contributed by atoms with van der Waals surface area (Å²) < 4.78 is 1.60. The molecule has 2 N–H and O–H groups in total. The highest BCUT2D eigenvalue weighted by atomic mass is 16.3. The fourth-order valence-electron chi connectivity index (χ4n) is 3.65. The number of benzene rings is 1. The summed E-state index contributed by atoms with van der Waals surface area (Å²) in [7, 11) is 0. The molecule has 4 rings (SSSR count). The van der Waals surface area contributed by atoms with Gasteiger partial charge in [-0.25, -0.2) is 9.50 Å². The van der Waals surface area contributed by atoms with E-state index in [4.69, 9.17) is 5.11 Å². The van der Waals surface area contributed by atoms with Crippen molar-refractivity contribution >= 4 is 17.2 Å². The summed E-state index contributed by atoms with van der Waals surface area (Å²) in [6.07, 6.45) is 5.84. The number of aliphatic hydroxyl groups is 1. The molecule has 1 fully saturated rings. The van der Waals surface area contributed by atoms with E-state index >= 15 is 0 Å². The Morgan fingerprint density at radius 3 is 2.86 bits per heavy atom. The van der Waals surface area contributed by atoms with Crippen molar-refractivity contribution in [2.75, 3.05) is 24.6 Å². The molecule has 0 bridgehead atoms. The molecule has 0 saturated carbocycles. The maximum absolute atomic E-state index is 12.6. The van der Waals surface area contributed by atoms with Crippen molar-refractivity contribution in [2.24, 2.45) is 0 Å².